The zero-order chi connectivity index (χ0) is 9.68. The second-order valence-corrected chi connectivity index (χ2v) is 2.76. The molecule has 1 aromatic carbocycles. The molecule has 4 heteroatoms. The molecule has 0 bridgehead atoms. The van der Waals surface area contributed by atoms with E-state index in [1.54, 1.807) is 12.1 Å². The van der Waals surface area contributed by atoms with E-state index < -0.39 is 6.10 Å². The van der Waals surface area contributed by atoms with E-state index in [-0.39, 0.29) is 5.17 Å². The number of nitrogens with two attached hydrogens (primary N) is 1. The Morgan fingerprint density at radius 1 is 1.46 bits per heavy atom. The van der Waals surface area contributed by atoms with Gasteiger partial charge in [-0.25, -0.2) is 0 Å². The Morgan fingerprint density at radius 2 is 2.08 bits per heavy atom. The SMILES string of the molecule is N#CC(OC(N)=S)c1ccccc1. The molecule has 0 heterocycles. The van der Waals surface area contributed by atoms with Gasteiger partial charge in [0.1, 0.15) is 6.07 Å². The van der Waals surface area contributed by atoms with Crippen LogP contribution in [0.5, 0.6) is 0 Å². The van der Waals surface area contributed by atoms with Crippen molar-refractivity contribution in [1.82, 2.24) is 0 Å². The van der Waals surface area contributed by atoms with Crippen LogP contribution in [0.3, 0.4) is 0 Å². The number of nitriles is 1. The molecule has 2 N–H and O–H groups in total. The standard InChI is InChI=1S/C9H8N2OS/c10-6-8(12-9(11)13)7-4-2-1-3-5-7/h1-5,8H,(H2,11,13). The molecular weight excluding hydrogens is 184 g/mol. The maximum Gasteiger partial charge on any atom is 0.255 e. The summed E-state index contributed by atoms with van der Waals surface area (Å²) in [4.78, 5) is 0. The summed E-state index contributed by atoms with van der Waals surface area (Å²) in [5.74, 6) is 0. The van der Waals surface area contributed by atoms with Crippen molar-refractivity contribution in [1.29, 1.82) is 5.26 Å². The Balaban J connectivity index is 2.80. The average molecular weight is 192 g/mol. The summed E-state index contributed by atoms with van der Waals surface area (Å²) in [6.45, 7) is 0. The van der Waals surface area contributed by atoms with E-state index in [2.05, 4.69) is 12.2 Å². The van der Waals surface area contributed by atoms with Gasteiger partial charge >= 0.3 is 0 Å². The van der Waals surface area contributed by atoms with Crippen molar-refractivity contribution in [3.8, 4) is 6.07 Å². The topological polar surface area (TPSA) is 59.0 Å². The Hall–Kier alpha value is -1.60. The molecular formula is C9H8N2OS. The van der Waals surface area contributed by atoms with Crippen LogP contribution in [0.1, 0.15) is 11.7 Å². The lowest BCUT2D eigenvalue weighted by Crippen LogP contribution is -2.15. The van der Waals surface area contributed by atoms with Crippen molar-refractivity contribution in [3.63, 3.8) is 0 Å². The lowest BCUT2D eigenvalue weighted by atomic mass is 10.1. The molecule has 1 aromatic rings. The fourth-order valence-electron chi connectivity index (χ4n) is 0.913. The zero-order valence-corrected chi connectivity index (χ0v) is 7.62. The van der Waals surface area contributed by atoms with E-state index in [1.165, 1.54) is 0 Å². The van der Waals surface area contributed by atoms with Crippen molar-refractivity contribution in [2.75, 3.05) is 0 Å². The summed E-state index contributed by atoms with van der Waals surface area (Å²) in [6.07, 6.45) is -0.710. The second-order valence-electron chi connectivity index (χ2n) is 2.36. The summed E-state index contributed by atoms with van der Waals surface area (Å²) < 4.78 is 4.93. The largest absolute Gasteiger partial charge is 0.447 e. The lowest BCUT2D eigenvalue weighted by Gasteiger charge is -2.09. The molecule has 3 nitrogen and oxygen atoms in total. The van der Waals surface area contributed by atoms with Crippen LogP contribution in [0.4, 0.5) is 0 Å². The quantitative estimate of drug-likeness (QED) is 0.721. The highest BCUT2D eigenvalue weighted by atomic mass is 32.1. The van der Waals surface area contributed by atoms with Crippen LogP contribution in [-0.2, 0) is 4.74 Å². The van der Waals surface area contributed by atoms with E-state index in [1.807, 2.05) is 24.3 Å². The predicted octanol–water partition coefficient (Wildman–Crippen LogP) is 1.51. The normalized spacial score (nSPS) is 11.3. The lowest BCUT2D eigenvalue weighted by molar-refractivity contribution is 0.252. The van der Waals surface area contributed by atoms with Crippen LogP contribution in [0, 0.1) is 11.3 Å². The number of hydrogen-bond acceptors (Lipinski definition) is 3. The summed E-state index contributed by atoms with van der Waals surface area (Å²) in [7, 11) is 0. The smallest absolute Gasteiger partial charge is 0.255 e. The molecule has 1 atom stereocenters. The van der Waals surface area contributed by atoms with Crippen molar-refractivity contribution in [2.45, 2.75) is 6.10 Å². The first-order valence-electron chi connectivity index (χ1n) is 3.64. The van der Waals surface area contributed by atoms with Gasteiger partial charge in [-0.05, 0) is 12.2 Å². The van der Waals surface area contributed by atoms with Gasteiger partial charge in [-0.2, -0.15) is 5.26 Å². The molecule has 66 valence electrons. The second kappa shape index (κ2) is 4.43. The van der Waals surface area contributed by atoms with Gasteiger partial charge < -0.3 is 10.5 Å². The van der Waals surface area contributed by atoms with Gasteiger partial charge in [-0.1, -0.05) is 30.3 Å². The van der Waals surface area contributed by atoms with Crippen molar-refractivity contribution >= 4 is 17.4 Å². The van der Waals surface area contributed by atoms with Gasteiger partial charge in [0.25, 0.3) is 5.17 Å². The molecule has 0 radical (unpaired) electrons. The van der Waals surface area contributed by atoms with Crippen LogP contribution in [-0.4, -0.2) is 5.17 Å². The van der Waals surface area contributed by atoms with Gasteiger partial charge in [0, 0.05) is 5.56 Å². The Morgan fingerprint density at radius 3 is 2.54 bits per heavy atom. The first-order chi connectivity index (χ1) is 6.24. The third-order valence-corrected chi connectivity index (χ3v) is 1.55. The number of ether oxygens (including phenoxy) is 1. The van der Waals surface area contributed by atoms with Gasteiger partial charge in [-0.3, -0.25) is 0 Å². The van der Waals surface area contributed by atoms with Crippen molar-refractivity contribution < 1.29 is 4.74 Å². The summed E-state index contributed by atoms with van der Waals surface area (Å²) in [5.41, 5.74) is 5.91. The van der Waals surface area contributed by atoms with Crippen LogP contribution in [0.2, 0.25) is 0 Å². The van der Waals surface area contributed by atoms with Gasteiger partial charge in [-0.15, -0.1) is 0 Å². The Kier molecular flexibility index (Phi) is 3.23. The molecule has 1 rings (SSSR count). The third-order valence-electron chi connectivity index (χ3n) is 1.45. The molecule has 13 heavy (non-hydrogen) atoms. The minimum absolute atomic E-state index is 0.115. The molecule has 0 fully saturated rings. The van der Waals surface area contributed by atoms with Crippen LogP contribution >= 0.6 is 12.2 Å². The number of nitrogens with zero attached hydrogens (tertiary/aromatic N) is 1. The highest BCUT2D eigenvalue weighted by Crippen LogP contribution is 2.15. The average Bonchev–Trinajstić information content (AvgIpc) is 2.15. The Labute approximate surface area is 81.7 Å². The minimum atomic E-state index is -0.710. The molecule has 0 saturated carbocycles. The highest BCUT2D eigenvalue weighted by molar-refractivity contribution is 7.80. The zero-order valence-electron chi connectivity index (χ0n) is 6.81. The van der Waals surface area contributed by atoms with Crippen LogP contribution in [0.25, 0.3) is 0 Å². The fraction of sp³-hybridized carbons (Fsp3) is 0.111. The monoisotopic (exact) mass is 192 g/mol. The third kappa shape index (κ3) is 2.73. The molecule has 0 aliphatic heterocycles. The van der Waals surface area contributed by atoms with Crippen LogP contribution in [0.15, 0.2) is 30.3 Å². The molecule has 0 aliphatic carbocycles. The van der Waals surface area contributed by atoms with Gasteiger partial charge in [0.05, 0.1) is 0 Å². The maximum atomic E-state index is 8.74. The first-order valence-corrected chi connectivity index (χ1v) is 4.05. The number of benzene rings is 1. The van der Waals surface area contributed by atoms with E-state index in [4.69, 9.17) is 15.7 Å². The Bertz CT molecular complexity index is 331. The predicted molar refractivity (Wildman–Crippen MR) is 52.7 cm³/mol. The molecule has 1 unspecified atom stereocenters. The van der Waals surface area contributed by atoms with Gasteiger partial charge in [0.15, 0.2) is 0 Å². The summed E-state index contributed by atoms with van der Waals surface area (Å²) in [5, 5.41) is 8.62. The first kappa shape index (κ1) is 9.49. The molecule has 0 spiro atoms. The molecule has 0 aliphatic rings. The summed E-state index contributed by atoms with van der Waals surface area (Å²) in [6, 6.07) is 11.0. The van der Waals surface area contributed by atoms with Crippen molar-refractivity contribution in [2.24, 2.45) is 5.73 Å². The maximum absolute atomic E-state index is 8.74. The molecule has 0 amide bonds. The van der Waals surface area contributed by atoms with Gasteiger partial charge in [0.2, 0.25) is 6.10 Å². The van der Waals surface area contributed by atoms with E-state index in [0.717, 1.165) is 5.56 Å². The summed E-state index contributed by atoms with van der Waals surface area (Å²) >= 11 is 4.54. The fourth-order valence-corrected chi connectivity index (χ4v) is 1.01. The van der Waals surface area contributed by atoms with Crippen molar-refractivity contribution in [3.05, 3.63) is 35.9 Å². The van der Waals surface area contributed by atoms with Crippen LogP contribution < -0.4 is 5.73 Å². The van der Waals surface area contributed by atoms with E-state index >= 15 is 0 Å². The molecule has 0 saturated heterocycles. The number of thiocarbonyl (C=S) groups is 1. The number of rotatable bonds is 2. The highest BCUT2D eigenvalue weighted by Gasteiger charge is 2.10. The minimum Gasteiger partial charge on any atom is -0.447 e. The van der Waals surface area contributed by atoms with E-state index in [0.29, 0.717) is 0 Å². The van der Waals surface area contributed by atoms with E-state index in [9.17, 15) is 0 Å². The number of hydrogen-bond donors (Lipinski definition) is 1. The molecule has 0 aromatic heterocycles.